The Bertz CT molecular complexity index is 585. The molecule has 1 heterocycles. The molecule has 0 aliphatic carbocycles. The molecule has 1 atom stereocenters. The lowest BCUT2D eigenvalue weighted by Gasteiger charge is -2.32. The van der Waals surface area contributed by atoms with Gasteiger partial charge in [0.05, 0.1) is 5.56 Å². The van der Waals surface area contributed by atoms with Gasteiger partial charge >= 0.3 is 5.97 Å². The molecule has 1 unspecified atom stereocenters. The van der Waals surface area contributed by atoms with Crippen LogP contribution in [0.15, 0.2) is 18.2 Å². The molecule has 106 valence electrons. The van der Waals surface area contributed by atoms with E-state index in [0.717, 1.165) is 4.90 Å². The quantitative estimate of drug-likeness (QED) is 0.521. The Labute approximate surface area is 113 Å². The number of amides is 2. The number of aliphatic carboxylic acids is 1. The fourth-order valence-electron chi connectivity index (χ4n) is 1.93. The number of nitrogens with zero attached hydrogens (tertiary/aromatic N) is 1. The summed E-state index contributed by atoms with van der Waals surface area (Å²) in [6.45, 7) is -0.635. The van der Waals surface area contributed by atoms with Crippen molar-refractivity contribution in [3.63, 3.8) is 0 Å². The number of carboxylic acid groups (broad SMARTS) is 1. The summed E-state index contributed by atoms with van der Waals surface area (Å²) in [7, 11) is 0. The third-order valence-corrected chi connectivity index (χ3v) is 2.97. The van der Waals surface area contributed by atoms with Crippen LogP contribution >= 0.6 is 0 Å². The van der Waals surface area contributed by atoms with E-state index in [-0.39, 0.29) is 12.1 Å². The molecule has 1 saturated heterocycles. The number of carboxylic acids is 1. The van der Waals surface area contributed by atoms with Gasteiger partial charge in [0, 0.05) is 6.54 Å². The van der Waals surface area contributed by atoms with Crippen LogP contribution in [-0.2, 0) is 9.59 Å². The van der Waals surface area contributed by atoms with Gasteiger partial charge in [-0.25, -0.2) is 4.79 Å². The highest BCUT2D eigenvalue weighted by Gasteiger charge is 2.36. The molecular formula is C12H12N2O6. The minimum Gasteiger partial charge on any atom is -0.504 e. The van der Waals surface area contributed by atoms with E-state index in [4.69, 9.17) is 5.11 Å². The van der Waals surface area contributed by atoms with E-state index in [1.165, 1.54) is 18.2 Å². The van der Waals surface area contributed by atoms with Crippen molar-refractivity contribution < 1.29 is 29.7 Å². The van der Waals surface area contributed by atoms with Crippen molar-refractivity contribution in [2.75, 3.05) is 13.1 Å². The van der Waals surface area contributed by atoms with Gasteiger partial charge in [0.2, 0.25) is 5.91 Å². The molecule has 2 rings (SSSR count). The van der Waals surface area contributed by atoms with Gasteiger partial charge in [0.1, 0.15) is 12.6 Å². The van der Waals surface area contributed by atoms with Crippen molar-refractivity contribution >= 4 is 17.8 Å². The van der Waals surface area contributed by atoms with Crippen molar-refractivity contribution in [3.05, 3.63) is 23.8 Å². The third kappa shape index (κ3) is 2.35. The summed E-state index contributed by atoms with van der Waals surface area (Å²) in [5.74, 6) is -3.73. The first kappa shape index (κ1) is 13.7. The zero-order chi connectivity index (χ0) is 14.9. The monoisotopic (exact) mass is 280 g/mol. The molecule has 1 aromatic carbocycles. The summed E-state index contributed by atoms with van der Waals surface area (Å²) in [5, 5.41) is 30.4. The van der Waals surface area contributed by atoms with E-state index in [2.05, 4.69) is 5.32 Å². The maximum atomic E-state index is 12.2. The van der Waals surface area contributed by atoms with Crippen molar-refractivity contribution in [1.29, 1.82) is 0 Å². The number of phenols is 2. The summed E-state index contributed by atoms with van der Waals surface area (Å²) in [4.78, 5) is 35.5. The Kier molecular flexibility index (Phi) is 3.47. The topological polar surface area (TPSA) is 127 Å². The van der Waals surface area contributed by atoms with Crippen molar-refractivity contribution in [2.45, 2.75) is 6.04 Å². The molecule has 0 aromatic heterocycles. The van der Waals surface area contributed by atoms with E-state index in [1.807, 2.05) is 0 Å². The third-order valence-electron chi connectivity index (χ3n) is 2.97. The average Bonchev–Trinajstić information content (AvgIpc) is 2.40. The van der Waals surface area contributed by atoms with Crippen molar-refractivity contribution in [3.8, 4) is 11.5 Å². The van der Waals surface area contributed by atoms with Gasteiger partial charge in [0.25, 0.3) is 5.91 Å². The number of hydrogen-bond donors (Lipinski definition) is 4. The maximum Gasteiger partial charge on any atom is 0.328 e. The molecular weight excluding hydrogens is 268 g/mol. The number of nitrogens with one attached hydrogen (secondary N) is 1. The molecule has 8 nitrogen and oxygen atoms in total. The van der Waals surface area contributed by atoms with Crippen LogP contribution in [0.25, 0.3) is 0 Å². The van der Waals surface area contributed by atoms with Gasteiger partial charge in [-0.05, 0) is 12.1 Å². The number of phenolic OH excluding ortho intramolecular Hbond substituents is 2. The molecule has 0 spiro atoms. The molecule has 1 aliphatic rings. The minimum absolute atomic E-state index is 0.209. The second-order valence-electron chi connectivity index (χ2n) is 4.26. The van der Waals surface area contributed by atoms with Crippen LogP contribution in [-0.4, -0.2) is 57.1 Å². The van der Waals surface area contributed by atoms with E-state index in [9.17, 15) is 24.6 Å². The molecule has 8 heteroatoms. The van der Waals surface area contributed by atoms with E-state index in [1.54, 1.807) is 0 Å². The summed E-state index contributed by atoms with van der Waals surface area (Å²) in [5.41, 5.74) is -0.258. The highest BCUT2D eigenvalue weighted by Crippen LogP contribution is 2.29. The smallest absolute Gasteiger partial charge is 0.328 e. The highest BCUT2D eigenvalue weighted by atomic mass is 16.4. The second kappa shape index (κ2) is 5.08. The number of hydrogen-bond acceptors (Lipinski definition) is 5. The number of benzene rings is 1. The molecule has 20 heavy (non-hydrogen) atoms. The normalized spacial score (nSPS) is 18.5. The molecule has 0 saturated carbocycles. The highest BCUT2D eigenvalue weighted by molar-refractivity contribution is 6.02. The van der Waals surface area contributed by atoms with Crippen molar-refractivity contribution in [1.82, 2.24) is 10.2 Å². The number of carbonyl (C=O) groups is 3. The maximum absolute atomic E-state index is 12.2. The minimum atomic E-state index is -1.27. The van der Waals surface area contributed by atoms with Gasteiger partial charge in [-0.1, -0.05) is 6.07 Å². The lowest BCUT2D eigenvalue weighted by atomic mass is 10.1. The van der Waals surface area contributed by atoms with Gasteiger partial charge in [-0.3, -0.25) is 9.59 Å². The Hall–Kier alpha value is -2.77. The number of piperazine rings is 1. The van der Waals surface area contributed by atoms with Crippen LogP contribution in [0.5, 0.6) is 11.5 Å². The average molecular weight is 280 g/mol. The van der Waals surface area contributed by atoms with Crippen LogP contribution in [0.2, 0.25) is 0 Å². The van der Waals surface area contributed by atoms with Gasteiger partial charge < -0.3 is 25.5 Å². The van der Waals surface area contributed by atoms with Gasteiger partial charge in [-0.15, -0.1) is 0 Å². The van der Waals surface area contributed by atoms with Crippen LogP contribution in [0, 0.1) is 0 Å². The first-order valence-electron chi connectivity index (χ1n) is 5.73. The lowest BCUT2D eigenvalue weighted by Crippen LogP contribution is -2.59. The van der Waals surface area contributed by atoms with Crippen LogP contribution < -0.4 is 5.32 Å². The predicted molar refractivity (Wildman–Crippen MR) is 65.2 cm³/mol. The Morgan fingerprint density at radius 3 is 2.65 bits per heavy atom. The van der Waals surface area contributed by atoms with E-state index >= 15 is 0 Å². The summed E-state index contributed by atoms with van der Waals surface area (Å²) in [6, 6.07) is 2.54. The number of carbonyl (C=O) groups excluding carboxylic acids is 2. The molecule has 0 bridgehead atoms. The van der Waals surface area contributed by atoms with Gasteiger partial charge in [0.15, 0.2) is 11.5 Å². The summed E-state index contributed by atoms with van der Waals surface area (Å²) < 4.78 is 0. The second-order valence-corrected chi connectivity index (χ2v) is 4.26. The number of para-hydroxylation sites is 1. The Morgan fingerprint density at radius 1 is 1.30 bits per heavy atom. The first-order chi connectivity index (χ1) is 9.41. The zero-order valence-corrected chi connectivity index (χ0v) is 10.2. The molecule has 0 radical (unpaired) electrons. The van der Waals surface area contributed by atoms with E-state index in [0.29, 0.717) is 0 Å². The Morgan fingerprint density at radius 2 is 2.00 bits per heavy atom. The van der Waals surface area contributed by atoms with Crippen LogP contribution in [0.1, 0.15) is 10.4 Å². The zero-order valence-electron chi connectivity index (χ0n) is 10.2. The van der Waals surface area contributed by atoms with E-state index < -0.39 is 41.9 Å². The lowest BCUT2D eigenvalue weighted by molar-refractivity contribution is -0.144. The first-order valence-corrected chi connectivity index (χ1v) is 5.73. The molecule has 1 aromatic rings. The SMILES string of the molecule is O=C1CN(C(=O)c2cccc(O)c2O)C(C(=O)O)CN1. The number of rotatable bonds is 2. The van der Waals surface area contributed by atoms with Crippen LogP contribution in [0.3, 0.4) is 0 Å². The Balaban J connectivity index is 2.36. The van der Waals surface area contributed by atoms with Crippen LogP contribution in [0.4, 0.5) is 0 Å². The standard InChI is InChI=1S/C12H12N2O6/c15-8-3-1-2-6(10(8)17)11(18)14-5-9(16)13-4-7(14)12(19)20/h1-3,7,15,17H,4-5H2,(H,13,16)(H,19,20). The number of aromatic hydroxyl groups is 2. The molecule has 2 amide bonds. The predicted octanol–water partition coefficient (Wildman–Crippen LogP) is -0.877. The fraction of sp³-hybridized carbons (Fsp3) is 0.250. The van der Waals surface area contributed by atoms with Crippen molar-refractivity contribution in [2.24, 2.45) is 0 Å². The van der Waals surface area contributed by atoms with Gasteiger partial charge in [-0.2, -0.15) is 0 Å². The summed E-state index contributed by atoms with van der Waals surface area (Å²) >= 11 is 0. The largest absolute Gasteiger partial charge is 0.504 e. The molecule has 1 aliphatic heterocycles. The molecule has 1 fully saturated rings. The fourth-order valence-corrected chi connectivity index (χ4v) is 1.93. The summed E-state index contributed by atoms with van der Waals surface area (Å²) in [6.07, 6.45) is 0. The molecule has 4 N–H and O–H groups in total.